The molecule has 0 radical (unpaired) electrons. The minimum Gasteiger partial charge on any atom is -0.454 e. The van der Waals surface area contributed by atoms with Gasteiger partial charge in [0.1, 0.15) is 0 Å². The molecule has 1 N–H and O–H groups in total. The average molecular weight is 412 g/mol. The van der Waals surface area contributed by atoms with E-state index in [1.165, 1.54) is 11.1 Å². The van der Waals surface area contributed by atoms with Crippen molar-refractivity contribution in [3.8, 4) is 11.5 Å². The molecule has 0 saturated heterocycles. The molecule has 2 atom stereocenters. The van der Waals surface area contributed by atoms with E-state index < -0.39 is 0 Å². The van der Waals surface area contributed by atoms with Crippen LogP contribution in [0.1, 0.15) is 44.2 Å². The molecule has 1 aliphatic rings. The van der Waals surface area contributed by atoms with Crippen molar-refractivity contribution in [2.24, 2.45) is 0 Å². The van der Waals surface area contributed by atoms with Crippen LogP contribution in [-0.2, 0) is 9.47 Å². The van der Waals surface area contributed by atoms with Crippen LogP contribution in [0.2, 0.25) is 0 Å². The second-order valence-electron chi connectivity index (χ2n) is 7.31. The predicted molar refractivity (Wildman–Crippen MR) is 120 cm³/mol. The molecule has 1 heterocycles. The van der Waals surface area contributed by atoms with Gasteiger partial charge in [0.05, 0.1) is 0 Å². The van der Waals surface area contributed by atoms with E-state index >= 15 is 0 Å². The highest BCUT2D eigenvalue weighted by molar-refractivity contribution is 5.49. The number of hydrogen-bond donors (Lipinski definition) is 1. The lowest BCUT2D eigenvalue weighted by Gasteiger charge is -2.29. The van der Waals surface area contributed by atoms with E-state index in [0.29, 0.717) is 13.2 Å². The fourth-order valence-electron chi connectivity index (χ4n) is 3.69. The van der Waals surface area contributed by atoms with Crippen LogP contribution in [-0.4, -0.2) is 38.9 Å². The van der Waals surface area contributed by atoms with Gasteiger partial charge in [0, 0.05) is 38.1 Å². The highest BCUT2D eigenvalue weighted by Gasteiger charge is 2.26. The lowest BCUT2D eigenvalue weighted by molar-refractivity contribution is -0.143. The highest BCUT2D eigenvalue weighted by atomic mass is 16.7. The van der Waals surface area contributed by atoms with Gasteiger partial charge in [-0.05, 0) is 44.0 Å². The molecule has 0 bridgehead atoms. The normalized spacial score (nSPS) is 15.1. The van der Waals surface area contributed by atoms with E-state index in [-0.39, 0.29) is 25.0 Å². The van der Waals surface area contributed by atoms with Crippen molar-refractivity contribution in [1.82, 2.24) is 5.32 Å². The Bertz CT molecular complexity index is 787. The summed E-state index contributed by atoms with van der Waals surface area (Å²) in [5.41, 5.74) is 2.39. The number of rotatable bonds is 12. The quantitative estimate of drug-likeness (QED) is 0.499. The molecule has 2 aromatic rings. The summed E-state index contributed by atoms with van der Waals surface area (Å²) in [6, 6.07) is 16.7. The summed E-state index contributed by atoms with van der Waals surface area (Å²) in [5.74, 6) is 1.81. The average Bonchev–Trinajstić information content (AvgIpc) is 3.24. The van der Waals surface area contributed by atoms with Crippen molar-refractivity contribution in [2.75, 3.05) is 26.6 Å². The van der Waals surface area contributed by atoms with Crippen LogP contribution in [0.15, 0.2) is 54.6 Å². The number of benzene rings is 2. The molecular formula is C25H33NO4. The monoisotopic (exact) mass is 411 g/mol. The first-order chi connectivity index (χ1) is 14.7. The van der Waals surface area contributed by atoms with Gasteiger partial charge in [0.15, 0.2) is 17.8 Å². The molecule has 1 aliphatic heterocycles. The van der Waals surface area contributed by atoms with Crippen LogP contribution in [0.3, 0.4) is 0 Å². The summed E-state index contributed by atoms with van der Waals surface area (Å²) >= 11 is 0. The predicted octanol–water partition coefficient (Wildman–Crippen LogP) is 4.98. The maximum absolute atomic E-state index is 5.84. The first-order valence-electron chi connectivity index (χ1n) is 10.8. The van der Waals surface area contributed by atoms with Crippen LogP contribution in [0, 0.1) is 0 Å². The Labute approximate surface area is 180 Å². The fraction of sp³-hybridized carbons (Fsp3) is 0.440. The van der Waals surface area contributed by atoms with Gasteiger partial charge in [-0.2, -0.15) is 0 Å². The number of ether oxygens (including phenoxy) is 4. The van der Waals surface area contributed by atoms with Crippen molar-refractivity contribution >= 4 is 6.08 Å². The van der Waals surface area contributed by atoms with Crippen molar-refractivity contribution in [3.63, 3.8) is 0 Å². The summed E-state index contributed by atoms with van der Waals surface area (Å²) in [5, 5.41) is 3.64. The Morgan fingerprint density at radius 3 is 2.47 bits per heavy atom. The van der Waals surface area contributed by atoms with Gasteiger partial charge in [0.25, 0.3) is 0 Å². The van der Waals surface area contributed by atoms with Crippen molar-refractivity contribution in [3.05, 3.63) is 65.7 Å². The molecule has 5 nitrogen and oxygen atoms in total. The van der Waals surface area contributed by atoms with Crippen molar-refractivity contribution < 1.29 is 18.9 Å². The zero-order valence-electron chi connectivity index (χ0n) is 18.2. The van der Waals surface area contributed by atoms with E-state index in [2.05, 4.69) is 48.7 Å². The minimum atomic E-state index is -0.237. The Balaban J connectivity index is 1.69. The third kappa shape index (κ3) is 6.33. The fourth-order valence-corrected chi connectivity index (χ4v) is 3.69. The van der Waals surface area contributed by atoms with E-state index in [0.717, 1.165) is 24.5 Å². The maximum Gasteiger partial charge on any atom is 0.231 e. The van der Waals surface area contributed by atoms with E-state index in [1.54, 1.807) is 0 Å². The Morgan fingerprint density at radius 2 is 1.73 bits per heavy atom. The Kier molecular flexibility index (Phi) is 8.75. The number of fused-ring (bicyclic) bond motifs is 1. The van der Waals surface area contributed by atoms with Gasteiger partial charge >= 0.3 is 0 Å². The Hall–Kier alpha value is -2.34. The lowest BCUT2D eigenvalue weighted by atomic mass is 9.88. The van der Waals surface area contributed by atoms with Gasteiger partial charge in [-0.3, -0.25) is 0 Å². The maximum atomic E-state index is 5.84. The molecular weight excluding hydrogens is 378 g/mol. The third-order valence-electron chi connectivity index (χ3n) is 5.25. The molecule has 3 rings (SSSR count). The topological polar surface area (TPSA) is 49.0 Å². The molecule has 0 spiro atoms. The summed E-state index contributed by atoms with van der Waals surface area (Å²) in [6.45, 7) is 8.52. The van der Waals surface area contributed by atoms with Crippen LogP contribution in [0.4, 0.5) is 0 Å². The summed E-state index contributed by atoms with van der Waals surface area (Å²) < 4.78 is 22.8. The molecule has 0 aliphatic carbocycles. The molecule has 0 saturated carbocycles. The molecule has 0 aromatic heterocycles. The lowest BCUT2D eigenvalue weighted by Crippen LogP contribution is -2.35. The molecule has 2 aromatic carbocycles. The zero-order valence-corrected chi connectivity index (χ0v) is 18.2. The van der Waals surface area contributed by atoms with Crippen molar-refractivity contribution in [2.45, 2.75) is 45.4 Å². The smallest absolute Gasteiger partial charge is 0.231 e. The first kappa shape index (κ1) is 22.3. The second kappa shape index (κ2) is 11.7. The van der Waals surface area contributed by atoms with Gasteiger partial charge in [-0.1, -0.05) is 48.6 Å². The largest absolute Gasteiger partial charge is 0.454 e. The van der Waals surface area contributed by atoms with E-state index in [1.807, 2.05) is 38.1 Å². The first-order valence-corrected chi connectivity index (χ1v) is 10.8. The van der Waals surface area contributed by atoms with Gasteiger partial charge in [-0.15, -0.1) is 0 Å². The zero-order chi connectivity index (χ0) is 21.2. The Morgan fingerprint density at radius 1 is 1.00 bits per heavy atom. The molecule has 30 heavy (non-hydrogen) atoms. The van der Waals surface area contributed by atoms with Gasteiger partial charge < -0.3 is 24.3 Å². The summed E-state index contributed by atoms with van der Waals surface area (Å²) in [4.78, 5) is 0. The molecule has 2 unspecified atom stereocenters. The van der Waals surface area contributed by atoms with Crippen LogP contribution >= 0.6 is 0 Å². The molecule has 0 fully saturated rings. The van der Waals surface area contributed by atoms with E-state index in [9.17, 15) is 0 Å². The molecule has 162 valence electrons. The summed E-state index contributed by atoms with van der Waals surface area (Å²) in [6.07, 6.45) is 4.82. The van der Waals surface area contributed by atoms with Crippen LogP contribution < -0.4 is 14.8 Å². The number of hydrogen-bond acceptors (Lipinski definition) is 5. The minimum absolute atomic E-state index is 0.202. The third-order valence-corrected chi connectivity index (χ3v) is 5.25. The van der Waals surface area contributed by atoms with Gasteiger partial charge in [-0.25, -0.2) is 0 Å². The van der Waals surface area contributed by atoms with Gasteiger partial charge in [0.2, 0.25) is 6.79 Å². The van der Waals surface area contributed by atoms with Crippen LogP contribution in [0.25, 0.3) is 6.08 Å². The number of nitrogens with one attached hydrogen (secondary N) is 1. The van der Waals surface area contributed by atoms with E-state index in [4.69, 9.17) is 18.9 Å². The highest BCUT2D eigenvalue weighted by Crippen LogP contribution is 2.37. The molecule has 0 amide bonds. The van der Waals surface area contributed by atoms with Crippen molar-refractivity contribution in [1.29, 1.82) is 0 Å². The second-order valence-corrected chi connectivity index (χ2v) is 7.31. The SMILES string of the molecule is CCOC(CC(c1ccc2c(c1)OCO2)C(C)NC/C=C/c1ccccc1)OCC. The summed E-state index contributed by atoms with van der Waals surface area (Å²) in [7, 11) is 0. The van der Waals surface area contributed by atoms with Crippen LogP contribution in [0.5, 0.6) is 11.5 Å². The standard InChI is InChI=1S/C25H33NO4/c1-4-27-25(28-5-2)17-22(21-13-14-23-24(16-21)30-18-29-23)19(3)26-15-9-12-20-10-7-6-8-11-20/h6-14,16,19,22,25-26H,4-5,15,17-18H2,1-3H3/b12-9+. The molecule has 5 heteroatoms.